The van der Waals surface area contributed by atoms with E-state index in [9.17, 15) is 13.2 Å². The van der Waals surface area contributed by atoms with Crippen molar-refractivity contribution in [2.75, 3.05) is 18.0 Å². The molecule has 0 aromatic heterocycles. The zero-order valence-corrected chi connectivity index (χ0v) is 22.9. The molecular formula is C29H34N2O5S. The zero-order valence-electron chi connectivity index (χ0n) is 22.1. The largest absolute Gasteiger partial charge is 0.496 e. The van der Waals surface area contributed by atoms with Gasteiger partial charge in [0.15, 0.2) is 6.10 Å². The van der Waals surface area contributed by atoms with E-state index >= 15 is 0 Å². The first kappa shape index (κ1) is 26.5. The number of carbonyl (C=O) groups excluding carboxylic acids is 1. The van der Waals surface area contributed by atoms with E-state index in [2.05, 4.69) is 25.2 Å². The standard InChI is InChI=1S/C29H34N2O5S/c1-18(2)23-16-24(20(4)15-27(23)35-6)21(5)30-29(32)28-17-31(25-9-7-8-10-26(25)36-28)37(33,34)22-13-11-19(3)12-14-22/h7-16,18,21,28H,17H2,1-6H3,(H,30,32)/t21-,28+/m1/s1. The van der Waals surface area contributed by atoms with Gasteiger partial charge in [-0.05, 0) is 79.8 Å². The van der Waals surface area contributed by atoms with E-state index in [1.54, 1.807) is 55.6 Å². The lowest BCUT2D eigenvalue weighted by atomic mass is 9.93. The summed E-state index contributed by atoms with van der Waals surface area (Å²) in [6.45, 7) is 9.84. The number of aryl methyl sites for hydroxylation is 2. The summed E-state index contributed by atoms with van der Waals surface area (Å²) in [5, 5.41) is 3.03. The van der Waals surface area contributed by atoms with Crippen LogP contribution in [0.5, 0.6) is 11.5 Å². The Bertz CT molecular complexity index is 1400. The number of carbonyl (C=O) groups is 1. The van der Waals surface area contributed by atoms with E-state index in [4.69, 9.17) is 9.47 Å². The van der Waals surface area contributed by atoms with Crippen molar-refractivity contribution < 1.29 is 22.7 Å². The molecule has 0 unspecified atom stereocenters. The van der Waals surface area contributed by atoms with Crippen molar-refractivity contribution in [2.24, 2.45) is 0 Å². The molecule has 196 valence electrons. The van der Waals surface area contributed by atoms with Gasteiger partial charge < -0.3 is 14.8 Å². The molecule has 7 nitrogen and oxygen atoms in total. The first-order chi connectivity index (χ1) is 17.5. The Morgan fingerprint density at radius 3 is 2.35 bits per heavy atom. The highest BCUT2D eigenvalue weighted by molar-refractivity contribution is 7.92. The number of nitrogens with one attached hydrogen (secondary N) is 1. The number of methoxy groups -OCH3 is 1. The van der Waals surface area contributed by atoms with Crippen molar-refractivity contribution in [1.82, 2.24) is 5.32 Å². The van der Waals surface area contributed by atoms with Crippen LogP contribution in [0.4, 0.5) is 5.69 Å². The van der Waals surface area contributed by atoms with Crippen LogP contribution < -0.4 is 19.1 Å². The highest BCUT2D eigenvalue weighted by atomic mass is 32.2. The lowest BCUT2D eigenvalue weighted by Gasteiger charge is -2.35. The normalized spacial score (nSPS) is 16.1. The van der Waals surface area contributed by atoms with Gasteiger partial charge in [-0.2, -0.15) is 0 Å². The van der Waals surface area contributed by atoms with Crippen LogP contribution in [-0.4, -0.2) is 34.1 Å². The number of nitrogens with zero attached hydrogens (tertiary/aromatic N) is 1. The molecule has 1 aliphatic heterocycles. The van der Waals surface area contributed by atoms with E-state index in [1.807, 2.05) is 26.8 Å². The number of amides is 1. The number of rotatable bonds is 7. The summed E-state index contributed by atoms with van der Waals surface area (Å²) >= 11 is 0. The van der Waals surface area contributed by atoms with Crippen LogP contribution in [0.3, 0.4) is 0 Å². The molecule has 0 saturated heterocycles. The molecule has 0 spiro atoms. The smallest absolute Gasteiger partial charge is 0.264 e. The van der Waals surface area contributed by atoms with Gasteiger partial charge in [0.25, 0.3) is 15.9 Å². The van der Waals surface area contributed by atoms with E-state index in [0.717, 1.165) is 28.0 Å². The first-order valence-electron chi connectivity index (χ1n) is 12.4. The van der Waals surface area contributed by atoms with E-state index in [-0.39, 0.29) is 29.3 Å². The van der Waals surface area contributed by atoms with E-state index in [0.29, 0.717) is 11.4 Å². The monoisotopic (exact) mass is 522 g/mol. The van der Waals surface area contributed by atoms with Crippen molar-refractivity contribution in [1.29, 1.82) is 0 Å². The van der Waals surface area contributed by atoms with Gasteiger partial charge in [0, 0.05) is 0 Å². The highest BCUT2D eigenvalue weighted by Crippen LogP contribution is 2.37. The van der Waals surface area contributed by atoms with Crippen molar-refractivity contribution in [3.63, 3.8) is 0 Å². The van der Waals surface area contributed by atoms with Gasteiger partial charge in [0.1, 0.15) is 11.5 Å². The Labute approximate surface area is 219 Å². The van der Waals surface area contributed by atoms with Crippen molar-refractivity contribution in [3.05, 3.63) is 82.9 Å². The summed E-state index contributed by atoms with van der Waals surface area (Å²) in [5.74, 6) is 1.03. The Kier molecular flexibility index (Phi) is 7.50. The van der Waals surface area contributed by atoms with Crippen LogP contribution in [0.15, 0.2) is 65.6 Å². The van der Waals surface area contributed by atoms with Crippen LogP contribution in [0.25, 0.3) is 0 Å². The summed E-state index contributed by atoms with van der Waals surface area (Å²) < 4.78 is 40.0. The molecule has 37 heavy (non-hydrogen) atoms. The molecule has 1 aliphatic rings. The van der Waals surface area contributed by atoms with Gasteiger partial charge in [-0.1, -0.05) is 43.7 Å². The van der Waals surface area contributed by atoms with Crippen LogP contribution in [0, 0.1) is 13.8 Å². The molecule has 3 aromatic rings. The van der Waals surface area contributed by atoms with E-state index < -0.39 is 16.1 Å². The Morgan fingerprint density at radius 2 is 1.70 bits per heavy atom. The van der Waals surface area contributed by atoms with Gasteiger partial charge in [-0.25, -0.2) is 8.42 Å². The number of benzene rings is 3. The van der Waals surface area contributed by atoms with Crippen molar-refractivity contribution >= 4 is 21.6 Å². The number of ether oxygens (including phenoxy) is 2. The van der Waals surface area contributed by atoms with Gasteiger partial charge in [-0.15, -0.1) is 0 Å². The number of fused-ring (bicyclic) bond motifs is 1. The molecule has 0 aliphatic carbocycles. The average molecular weight is 523 g/mol. The predicted molar refractivity (Wildman–Crippen MR) is 145 cm³/mol. The molecule has 1 heterocycles. The van der Waals surface area contributed by atoms with E-state index in [1.165, 1.54) is 4.31 Å². The Hall–Kier alpha value is -3.52. The molecule has 4 rings (SSSR count). The molecule has 1 amide bonds. The molecule has 3 aromatic carbocycles. The van der Waals surface area contributed by atoms with Crippen molar-refractivity contribution in [3.8, 4) is 11.5 Å². The van der Waals surface area contributed by atoms with Gasteiger partial charge >= 0.3 is 0 Å². The maximum absolute atomic E-state index is 13.6. The molecule has 8 heteroatoms. The fraction of sp³-hybridized carbons (Fsp3) is 0.345. The molecule has 2 atom stereocenters. The number of hydrogen-bond donors (Lipinski definition) is 1. The summed E-state index contributed by atoms with van der Waals surface area (Å²) in [7, 11) is -2.26. The second-order valence-electron chi connectivity index (χ2n) is 9.76. The molecule has 0 radical (unpaired) electrons. The topological polar surface area (TPSA) is 84.9 Å². The number of anilines is 1. The third kappa shape index (κ3) is 5.30. The summed E-state index contributed by atoms with van der Waals surface area (Å²) in [6.07, 6.45) is -1.01. The number of hydrogen-bond acceptors (Lipinski definition) is 5. The minimum Gasteiger partial charge on any atom is -0.496 e. The maximum Gasteiger partial charge on any atom is 0.264 e. The molecule has 1 N–H and O–H groups in total. The fourth-order valence-electron chi connectivity index (χ4n) is 4.60. The highest BCUT2D eigenvalue weighted by Gasteiger charge is 2.38. The molecular weight excluding hydrogens is 488 g/mol. The second kappa shape index (κ2) is 10.5. The van der Waals surface area contributed by atoms with Crippen molar-refractivity contribution in [2.45, 2.75) is 57.6 Å². The minimum atomic E-state index is -3.91. The lowest BCUT2D eigenvalue weighted by Crippen LogP contribution is -2.51. The van der Waals surface area contributed by atoms with Gasteiger partial charge in [0.2, 0.25) is 0 Å². The van der Waals surface area contributed by atoms with Crippen LogP contribution >= 0.6 is 0 Å². The number of para-hydroxylation sites is 2. The van der Waals surface area contributed by atoms with Crippen LogP contribution in [0.1, 0.15) is 55.0 Å². The average Bonchev–Trinajstić information content (AvgIpc) is 2.87. The third-order valence-electron chi connectivity index (χ3n) is 6.70. The summed E-state index contributed by atoms with van der Waals surface area (Å²) in [4.78, 5) is 13.6. The Balaban J connectivity index is 1.62. The molecule has 0 fully saturated rings. The summed E-state index contributed by atoms with van der Waals surface area (Å²) in [5.41, 5.74) is 4.39. The predicted octanol–water partition coefficient (Wildman–Crippen LogP) is 5.27. The van der Waals surface area contributed by atoms with Gasteiger partial charge in [-0.3, -0.25) is 9.10 Å². The SMILES string of the molecule is COc1cc(C)c([C@@H](C)NC(=O)[C@@H]2CN(S(=O)(=O)c3ccc(C)cc3)c3ccccc3O2)cc1C(C)C. The minimum absolute atomic E-state index is 0.134. The molecule has 0 saturated carbocycles. The summed E-state index contributed by atoms with van der Waals surface area (Å²) in [6, 6.07) is 17.3. The van der Waals surface area contributed by atoms with Crippen LogP contribution in [0.2, 0.25) is 0 Å². The zero-order chi connectivity index (χ0) is 26.9. The maximum atomic E-state index is 13.6. The third-order valence-corrected chi connectivity index (χ3v) is 8.50. The van der Waals surface area contributed by atoms with Crippen LogP contribution in [-0.2, 0) is 14.8 Å². The molecule has 0 bridgehead atoms. The quantitative estimate of drug-likeness (QED) is 0.457. The number of sulfonamides is 1. The Morgan fingerprint density at radius 1 is 1.03 bits per heavy atom. The van der Waals surface area contributed by atoms with Gasteiger partial charge in [0.05, 0.1) is 30.3 Å². The first-order valence-corrected chi connectivity index (χ1v) is 13.8. The fourth-order valence-corrected chi connectivity index (χ4v) is 6.07. The lowest BCUT2D eigenvalue weighted by molar-refractivity contribution is -0.128. The second-order valence-corrected chi connectivity index (χ2v) is 11.6.